The van der Waals surface area contributed by atoms with E-state index in [0.29, 0.717) is 12.5 Å². The molecule has 0 spiro atoms. The number of carbonyl (C=O) groups is 1. The Kier molecular flexibility index (Phi) is 7.10. The molecule has 0 aliphatic heterocycles. The topological polar surface area (TPSA) is 26.3 Å². The Morgan fingerprint density at radius 1 is 1.54 bits per heavy atom. The Hall–Kier alpha value is -0.970. The van der Waals surface area contributed by atoms with Crippen LogP contribution in [-0.4, -0.2) is 12.6 Å². The summed E-state index contributed by atoms with van der Waals surface area (Å²) in [5.74, 6) is 1.79. The van der Waals surface area contributed by atoms with Crippen molar-refractivity contribution in [3.05, 3.63) is 0 Å². The van der Waals surface area contributed by atoms with Crippen molar-refractivity contribution in [3.63, 3.8) is 0 Å². The fourth-order valence-corrected chi connectivity index (χ4v) is 1.09. The molecule has 0 saturated carbocycles. The summed E-state index contributed by atoms with van der Waals surface area (Å²) in [4.78, 5) is 10.6. The van der Waals surface area contributed by atoms with Crippen LogP contribution in [0.2, 0.25) is 0 Å². The van der Waals surface area contributed by atoms with Gasteiger partial charge in [0.25, 0.3) is 0 Å². The molecule has 1 unspecified atom stereocenters. The van der Waals surface area contributed by atoms with Crippen LogP contribution in [0.5, 0.6) is 0 Å². The zero-order chi connectivity index (χ0) is 10.1. The fourth-order valence-electron chi connectivity index (χ4n) is 1.09. The molecule has 74 valence electrons. The highest BCUT2D eigenvalue weighted by Gasteiger charge is 2.04. The highest BCUT2D eigenvalue weighted by atomic mass is 16.5. The Morgan fingerprint density at radius 3 is 2.77 bits per heavy atom. The van der Waals surface area contributed by atoms with Gasteiger partial charge in [-0.1, -0.05) is 33.1 Å². The summed E-state index contributed by atoms with van der Waals surface area (Å²) in [6, 6.07) is 0. The van der Waals surface area contributed by atoms with E-state index in [-0.39, 0.29) is 0 Å². The van der Waals surface area contributed by atoms with Crippen LogP contribution in [0.4, 0.5) is 0 Å². The summed E-state index contributed by atoms with van der Waals surface area (Å²) in [5.41, 5.74) is 0. The van der Waals surface area contributed by atoms with Crippen LogP contribution in [0, 0.1) is 18.3 Å². The summed E-state index contributed by atoms with van der Waals surface area (Å²) in [5, 5.41) is 0. The van der Waals surface area contributed by atoms with Crippen LogP contribution in [0.25, 0.3) is 0 Å². The first-order chi connectivity index (χ1) is 6.20. The maximum absolute atomic E-state index is 10.6. The predicted molar refractivity (Wildman–Crippen MR) is 53.1 cm³/mol. The van der Waals surface area contributed by atoms with E-state index < -0.39 is 5.97 Å². The number of hydrogen-bond donors (Lipinski definition) is 0. The van der Waals surface area contributed by atoms with Gasteiger partial charge in [-0.2, -0.15) is 0 Å². The quantitative estimate of drug-likeness (QED) is 0.273. The average Bonchev–Trinajstić information content (AvgIpc) is 2.14. The van der Waals surface area contributed by atoms with Gasteiger partial charge in [-0.15, -0.1) is 6.42 Å². The maximum Gasteiger partial charge on any atom is 0.384 e. The first-order valence-corrected chi connectivity index (χ1v) is 4.84. The third-order valence-corrected chi connectivity index (χ3v) is 1.92. The first kappa shape index (κ1) is 12.0. The molecule has 0 fully saturated rings. The molecule has 0 N–H and O–H groups in total. The van der Waals surface area contributed by atoms with Crippen molar-refractivity contribution in [1.29, 1.82) is 0 Å². The lowest BCUT2D eigenvalue weighted by atomic mass is 10.0. The van der Waals surface area contributed by atoms with Crippen LogP contribution in [-0.2, 0) is 9.53 Å². The minimum atomic E-state index is -0.553. The standard InChI is InChI=1S/C11H18O2/c1-4-6-7-8-10(3)9-13-11(12)5-2/h2,10H,4,6-9H2,1,3H3. The highest BCUT2D eigenvalue weighted by molar-refractivity contribution is 5.87. The molecular weight excluding hydrogens is 164 g/mol. The van der Waals surface area contributed by atoms with Crippen LogP contribution in [0.1, 0.15) is 39.5 Å². The van der Waals surface area contributed by atoms with E-state index in [0.717, 1.165) is 6.42 Å². The zero-order valence-electron chi connectivity index (χ0n) is 8.51. The van der Waals surface area contributed by atoms with Crippen molar-refractivity contribution >= 4 is 5.97 Å². The van der Waals surface area contributed by atoms with E-state index in [1.54, 1.807) is 0 Å². The summed E-state index contributed by atoms with van der Waals surface area (Å²) < 4.78 is 4.81. The number of ether oxygens (including phenoxy) is 1. The molecule has 0 bridgehead atoms. The van der Waals surface area contributed by atoms with Crippen LogP contribution in [0.3, 0.4) is 0 Å². The van der Waals surface area contributed by atoms with Gasteiger partial charge in [0, 0.05) is 5.92 Å². The average molecular weight is 182 g/mol. The minimum Gasteiger partial charge on any atom is -0.456 e. The minimum absolute atomic E-state index is 0.420. The second kappa shape index (κ2) is 7.67. The second-order valence-corrected chi connectivity index (χ2v) is 3.34. The van der Waals surface area contributed by atoms with Gasteiger partial charge in [0.05, 0.1) is 6.61 Å². The Morgan fingerprint density at radius 2 is 2.23 bits per heavy atom. The van der Waals surface area contributed by atoms with Gasteiger partial charge < -0.3 is 4.74 Å². The van der Waals surface area contributed by atoms with E-state index in [4.69, 9.17) is 11.2 Å². The Bertz CT molecular complexity index is 179. The molecule has 0 rings (SSSR count). The van der Waals surface area contributed by atoms with Gasteiger partial charge in [-0.3, -0.25) is 0 Å². The van der Waals surface area contributed by atoms with E-state index in [9.17, 15) is 4.79 Å². The van der Waals surface area contributed by atoms with Gasteiger partial charge in [0.1, 0.15) is 0 Å². The summed E-state index contributed by atoms with van der Waals surface area (Å²) in [6.45, 7) is 4.69. The van der Waals surface area contributed by atoms with Gasteiger partial charge in [-0.05, 0) is 12.3 Å². The summed E-state index contributed by atoms with van der Waals surface area (Å²) in [6.07, 6.45) is 9.62. The molecule has 0 amide bonds. The smallest absolute Gasteiger partial charge is 0.384 e. The lowest BCUT2D eigenvalue weighted by molar-refractivity contribution is -0.137. The van der Waals surface area contributed by atoms with Crippen LogP contribution >= 0.6 is 0 Å². The van der Waals surface area contributed by atoms with Gasteiger partial charge >= 0.3 is 5.97 Å². The van der Waals surface area contributed by atoms with E-state index in [1.807, 2.05) is 5.92 Å². The number of carbonyl (C=O) groups excluding carboxylic acids is 1. The Balaban J connectivity index is 3.36. The molecule has 0 radical (unpaired) electrons. The lowest BCUT2D eigenvalue weighted by Crippen LogP contribution is -2.10. The summed E-state index contributed by atoms with van der Waals surface area (Å²) >= 11 is 0. The summed E-state index contributed by atoms with van der Waals surface area (Å²) in [7, 11) is 0. The number of esters is 1. The highest BCUT2D eigenvalue weighted by Crippen LogP contribution is 2.09. The number of rotatable bonds is 6. The van der Waals surface area contributed by atoms with Gasteiger partial charge in [-0.25, -0.2) is 4.79 Å². The SMILES string of the molecule is C#CC(=O)OCC(C)CCCCC. The largest absolute Gasteiger partial charge is 0.456 e. The third kappa shape index (κ3) is 7.39. The molecule has 2 heteroatoms. The molecule has 0 aromatic heterocycles. The fraction of sp³-hybridized carbons (Fsp3) is 0.727. The van der Waals surface area contributed by atoms with Gasteiger partial charge in [0.15, 0.2) is 0 Å². The van der Waals surface area contributed by atoms with Crippen molar-refractivity contribution in [2.45, 2.75) is 39.5 Å². The van der Waals surface area contributed by atoms with E-state index in [1.165, 1.54) is 19.3 Å². The molecule has 0 aliphatic carbocycles. The first-order valence-electron chi connectivity index (χ1n) is 4.84. The van der Waals surface area contributed by atoms with Gasteiger partial charge in [0.2, 0.25) is 0 Å². The van der Waals surface area contributed by atoms with E-state index in [2.05, 4.69) is 13.8 Å². The lowest BCUT2D eigenvalue weighted by Gasteiger charge is -2.09. The molecule has 0 saturated heterocycles. The number of terminal acetylenes is 1. The number of hydrogen-bond acceptors (Lipinski definition) is 2. The molecule has 2 nitrogen and oxygen atoms in total. The molecule has 0 aromatic carbocycles. The van der Waals surface area contributed by atoms with Crippen molar-refractivity contribution in [2.75, 3.05) is 6.61 Å². The Labute approximate surface area is 80.7 Å². The van der Waals surface area contributed by atoms with E-state index >= 15 is 0 Å². The van der Waals surface area contributed by atoms with Crippen molar-refractivity contribution < 1.29 is 9.53 Å². The third-order valence-electron chi connectivity index (χ3n) is 1.92. The van der Waals surface area contributed by atoms with Crippen LogP contribution in [0.15, 0.2) is 0 Å². The predicted octanol–water partition coefficient (Wildman–Crippen LogP) is 2.38. The molecular formula is C11H18O2. The monoisotopic (exact) mass is 182 g/mol. The molecule has 1 atom stereocenters. The normalized spacial score (nSPS) is 11.8. The molecule has 0 heterocycles. The van der Waals surface area contributed by atoms with Crippen molar-refractivity contribution in [3.8, 4) is 12.3 Å². The number of unbranched alkanes of at least 4 members (excludes halogenated alkanes) is 2. The zero-order valence-corrected chi connectivity index (χ0v) is 8.51. The van der Waals surface area contributed by atoms with Crippen LogP contribution < -0.4 is 0 Å². The second-order valence-electron chi connectivity index (χ2n) is 3.34. The molecule has 0 aromatic rings. The van der Waals surface area contributed by atoms with Crippen molar-refractivity contribution in [1.82, 2.24) is 0 Å². The molecule has 0 aliphatic rings. The maximum atomic E-state index is 10.6. The van der Waals surface area contributed by atoms with Crippen molar-refractivity contribution in [2.24, 2.45) is 5.92 Å². The molecule has 13 heavy (non-hydrogen) atoms.